The molecule has 134 valence electrons. The third kappa shape index (κ3) is 4.51. The molecule has 5 nitrogen and oxygen atoms in total. The van der Waals surface area contributed by atoms with E-state index in [2.05, 4.69) is 5.32 Å². The monoisotopic (exact) mass is 363 g/mol. The fourth-order valence-corrected chi connectivity index (χ4v) is 2.54. The van der Waals surface area contributed by atoms with Crippen LogP contribution in [0.3, 0.4) is 0 Å². The van der Waals surface area contributed by atoms with E-state index in [0.29, 0.717) is 16.9 Å². The second kappa shape index (κ2) is 7.32. The number of amides is 1. The van der Waals surface area contributed by atoms with Gasteiger partial charge in [0.15, 0.2) is 6.29 Å². The first-order valence-corrected chi connectivity index (χ1v) is 8.49. The summed E-state index contributed by atoms with van der Waals surface area (Å²) in [5.41, 5.74) is 0.972. The van der Waals surface area contributed by atoms with Gasteiger partial charge in [-0.05, 0) is 50.9 Å². The molecule has 1 aliphatic rings. The van der Waals surface area contributed by atoms with Crippen molar-refractivity contribution in [3.63, 3.8) is 0 Å². The lowest BCUT2D eigenvalue weighted by molar-refractivity contribution is -0.118. The molecule has 0 bridgehead atoms. The SMILES string of the molecule is CC(=O)NCC(=Cc1ccc(Cl)c(C=O)c1)B1OC(C)(C)C(C)(C)O1. The minimum atomic E-state index is -0.591. The molecular weight excluding hydrogens is 340 g/mol. The minimum absolute atomic E-state index is 0.146. The maximum Gasteiger partial charge on any atom is 0.492 e. The number of aldehydes is 1. The second-order valence-electron chi connectivity index (χ2n) is 7.12. The molecule has 0 radical (unpaired) electrons. The van der Waals surface area contributed by atoms with Crippen molar-refractivity contribution in [2.24, 2.45) is 0 Å². The quantitative estimate of drug-likeness (QED) is 0.644. The lowest BCUT2D eigenvalue weighted by Crippen LogP contribution is -2.41. The third-order valence-corrected chi connectivity index (χ3v) is 4.94. The maximum atomic E-state index is 11.3. The smallest absolute Gasteiger partial charge is 0.400 e. The summed E-state index contributed by atoms with van der Waals surface area (Å²) in [7, 11) is -0.591. The summed E-state index contributed by atoms with van der Waals surface area (Å²) >= 11 is 5.98. The predicted molar refractivity (Wildman–Crippen MR) is 99.6 cm³/mol. The van der Waals surface area contributed by atoms with Crippen molar-refractivity contribution in [2.45, 2.75) is 45.8 Å². The van der Waals surface area contributed by atoms with Crippen LogP contribution in [0, 0.1) is 0 Å². The van der Waals surface area contributed by atoms with Crippen LogP contribution in [0.15, 0.2) is 23.7 Å². The molecule has 7 heteroatoms. The molecule has 2 rings (SSSR count). The topological polar surface area (TPSA) is 64.6 Å². The molecule has 1 fully saturated rings. The third-order valence-electron chi connectivity index (χ3n) is 4.60. The van der Waals surface area contributed by atoms with Gasteiger partial charge in [0.25, 0.3) is 0 Å². The van der Waals surface area contributed by atoms with Crippen molar-refractivity contribution in [2.75, 3.05) is 6.54 Å². The van der Waals surface area contributed by atoms with Gasteiger partial charge < -0.3 is 14.6 Å². The van der Waals surface area contributed by atoms with E-state index in [9.17, 15) is 9.59 Å². The number of nitrogens with one attached hydrogen (secondary N) is 1. The Hall–Kier alpha value is -1.63. The summed E-state index contributed by atoms with van der Waals surface area (Å²) in [5, 5.41) is 3.17. The number of rotatable bonds is 5. The zero-order valence-corrected chi connectivity index (χ0v) is 15.9. The summed E-state index contributed by atoms with van der Waals surface area (Å²) in [6.07, 6.45) is 2.56. The first-order valence-electron chi connectivity index (χ1n) is 8.11. The van der Waals surface area contributed by atoms with Crippen LogP contribution < -0.4 is 5.32 Å². The van der Waals surface area contributed by atoms with Crippen molar-refractivity contribution in [1.82, 2.24) is 5.32 Å². The van der Waals surface area contributed by atoms with Gasteiger partial charge in [-0.15, -0.1) is 0 Å². The number of hydrogen-bond donors (Lipinski definition) is 1. The number of benzene rings is 1. The highest BCUT2D eigenvalue weighted by Gasteiger charge is 2.52. The molecule has 1 amide bonds. The molecule has 0 aromatic heterocycles. The standard InChI is InChI=1S/C18H23BClNO4/c1-12(23)21-10-15(19-24-17(2,3)18(4,5)25-19)9-13-6-7-16(20)14(8-13)11-22/h6-9,11H,10H2,1-5H3,(H,21,23). The molecule has 0 atom stereocenters. The summed E-state index contributed by atoms with van der Waals surface area (Å²) in [6.45, 7) is 9.61. The van der Waals surface area contributed by atoms with E-state index in [1.807, 2.05) is 33.8 Å². The lowest BCUT2D eigenvalue weighted by Gasteiger charge is -2.32. The molecule has 1 aromatic carbocycles. The molecule has 1 aromatic rings. The van der Waals surface area contributed by atoms with Crippen LogP contribution >= 0.6 is 11.6 Å². The van der Waals surface area contributed by atoms with Crippen LogP contribution in [-0.4, -0.2) is 37.1 Å². The average molecular weight is 364 g/mol. The predicted octanol–water partition coefficient (Wildman–Crippen LogP) is 3.30. The average Bonchev–Trinajstić information content (AvgIpc) is 2.73. The van der Waals surface area contributed by atoms with Crippen molar-refractivity contribution in [1.29, 1.82) is 0 Å². The van der Waals surface area contributed by atoms with E-state index < -0.39 is 18.3 Å². The molecular formula is C18H23BClNO4. The summed E-state index contributed by atoms with van der Waals surface area (Å²) in [6, 6.07) is 5.15. The van der Waals surface area contributed by atoms with E-state index >= 15 is 0 Å². The Bertz CT molecular complexity index is 699. The van der Waals surface area contributed by atoms with Crippen LogP contribution in [0.4, 0.5) is 0 Å². The van der Waals surface area contributed by atoms with Gasteiger partial charge in [0.1, 0.15) is 0 Å². The first kappa shape index (κ1) is 19.7. The van der Waals surface area contributed by atoms with Crippen molar-refractivity contribution in [3.8, 4) is 0 Å². The Morgan fingerprint density at radius 3 is 2.36 bits per heavy atom. The zero-order valence-electron chi connectivity index (χ0n) is 15.2. The first-order chi connectivity index (χ1) is 11.6. The van der Waals surface area contributed by atoms with Crippen molar-refractivity contribution < 1.29 is 18.9 Å². The van der Waals surface area contributed by atoms with E-state index in [1.165, 1.54) is 6.92 Å². The summed E-state index contributed by atoms with van der Waals surface area (Å²) in [4.78, 5) is 22.4. The fraction of sp³-hybridized carbons (Fsp3) is 0.444. The lowest BCUT2D eigenvalue weighted by atomic mass is 9.77. The Morgan fingerprint density at radius 1 is 1.24 bits per heavy atom. The Morgan fingerprint density at radius 2 is 1.84 bits per heavy atom. The second-order valence-corrected chi connectivity index (χ2v) is 7.52. The normalized spacial score (nSPS) is 19.0. The number of carbonyl (C=O) groups is 2. The van der Waals surface area contributed by atoms with Gasteiger partial charge in [-0.25, -0.2) is 0 Å². The molecule has 1 saturated heterocycles. The fourth-order valence-electron chi connectivity index (χ4n) is 2.38. The van der Waals surface area contributed by atoms with Gasteiger partial charge >= 0.3 is 7.12 Å². The largest absolute Gasteiger partial charge is 0.492 e. The molecule has 0 aliphatic carbocycles. The molecule has 1 heterocycles. The summed E-state index contributed by atoms with van der Waals surface area (Å²) < 4.78 is 12.1. The zero-order chi connectivity index (χ0) is 18.8. The van der Waals surface area contributed by atoms with Gasteiger partial charge in [-0.3, -0.25) is 9.59 Å². The molecule has 0 unspecified atom stereocenters. The van der Waals surface area contributed by atoms with E-state index in [0.717, 1.165) is 11.0 Å². The molecule has 0 spiro atoms. The van der Waals surface area contributed by atoms with Crippen LogP contribution in [0.1, 0.15) is 50.5 Å². The van der Waals surface area contributed by atoms with Gasteiger partial charge in [0.05, 0.1) is 16.2 Å². The van der Waals surface area contributed by atoms with E-state index in [1.54, 1.807) is 18.2 Å². The van der Waals surface area contributed by atoms with Gasteiger partial charge in [-0.2, -0.15) is 0 Å². The minimum Gasteiger partial charge on any atom is -0.400 e. The molecule has 25 heavy (non-hydrogen) atoms. The van der Waals surface area contributed by atoms with Crippen LogP contribution in [0.25, 0.3) is 6.08 Å². The Balaban J connectivity index is 2.36. The van der Waals surface area contributed by atoms with E-state index in [4.69, 9.17) is 20.9 Å². The Kier molecular flexibility index (Phi) is 5.77. The van der Waals surface area contributed by atoms with Crippen LogP contribution in [0.2, 0.25) is 5.02 Å². The number of hydrogen-bond acceptors (Lipinski definition) is 4. The molecule has 1 aliphatic heterocycles. The summed E-state index contributed by atoms with van der Waals surface area (Å²) in [5.74, 6) is -0.146. The number of halogens is 1. The van der Waals surface area contributed by atoms with Gasteiger partial charge in [-0.1, -0.05) is 23.7 Å². The van der Waals surface area contributed by atoms with E-state index in [-0.39, 0.29) is 12.5 Å². The highest BCUT2D eigenvalue weighted by Crippen LogP contribution is 2.38. The Labute approximate surface area is 153 Å². The van der Waals surface area contributed by atoms with Crippen LogP contribution in [-0.2, 0) is 14.1 Å². The maximum absolute atomic E-state index is 11.3. The van der Waals surface area contributed by atoms with Gasteiger partial charge in [0.2, 0.25) is 5.91 Å². The van der Waals surface area contributed by atoms with Crippen LogP contribution in [0.5, 0.6) is 0 Å². The van der Waals surface area contributed by atoms with Crippen molar-refractivity contribution in [3.05, 3.63) is 39.8 Å². The molecule has 0 saturated carbocycles. The molecule has 1 N–H and O–H groups in total. The highest BCUT2D eigenvalue weighted by molar-refractivity contribution is 6.56. The van der Waals surface area contributed by atoms with Crippen molar-refractivity contribution >= 4 is 37.0 Å². The van der Waals surface area contributed by atoms with Gasteiger partial charge in [0, 0.05) is 19.0 Å². The highest BCUT2D eigenvalue weighted by atomic mass is 35.5. The number of carbonyl (C=O) groups excluding carboxylic acids is 2.